The number of pyridine rings is 3. The van der Waals surface area contributed by atoms with Crippen molar-refractivity contribution in [2.75, 3.05) is 43.4 Å². The number of anilines is 2. The van der Waals surface area contributed by atoms with Gasteiger partial charge < -0.3 is 20.1 Å². The van der Waals surface area contributed by atoms with Crippen LogP contribution in [0, 0.1) is 5.92 Å². The fourth-order valence-electron chi connectivity index (χ4n) is 4.74. The number of aromatic nitrogens is 7. The molecule has 38 heavy (non-hydrogen) atoms. The second-order valence-electron chi connectivity index (χ2n) is 10.2. The van der Waals surface area contributed by atoms with Crippen LogP contribution in [0.5, 0.6) is 0 Å². The van der Waals surface area contributed by atoms with Crippen LogP contribution in [0.15, 0.2) is 42.9 Å². The Hall–Kier alpha value is -4.38. The number of amides is 1. The summed E-state index contributed by atoms with van der Waals surface area (Å²) in [5, 5.41) is 10.5. The van der Waals surface area contributed by atoms with Gasteiger partial charge in [0.2, 0.25) is 5.91 Å². The first-order valence-electron chi connectivity index (χ1n) is 12.8. The molecule has 0 aliphatic carbocycles. The molecule has 0 atom stereocenters. The topological polar surface area (TPSA) is 132 Å². The van der Waals surface area contributed by atoms with Crippen LogP contribution in [0.2, 0.25) is 0 Å². The molecule has 0 radical (unpaired) electrons. The summed E-state index contributed by atoms with van der Waals surface area (Å²) in [5.41, 5.74) is 6.04. The number of rotatable bonds is 6. The quantitative estimate of drug-likeness (QED) is 0.315. The van der Waals surface area contributed by atoms with Crippen LogP contribution >= 0.6 is 0 Å². The average molecular weight is 511 g/mol. The predicted molar refractivity (Wildman–Crippen MR) is 148 cm³/mol. The Morgan fingerprint density at radius 1 is 1.05 bits per heavy atom. The van der Waals surface area contributed by atoms with E-state index in [2.05, 4.69) is 47.3 Å². The van der Waals surface area contributed by atoms with E-state index in [0.717, 1.165) is 59.8 Å². The number of carbonyl (C=O) groups is 1. The van der Waals surface area contributed by atoms with E-state index >= 15 is 0 Å². The molecule has 11 nitrogen and oxygen atoms in total. The average Bonchev–Trinajstić information content (AvgIpc) is 3.52. The van der Waals surface area contributed by atoms with E-state index < -0.39 is 0 Å². The first-order valence-corrected chi connectivity index (χ1v) is 12.8. The number of piperazine rings is 1. The molecule has 6 rings (SSSR count). The number of nitrogens with zero attached hydrogens (tertiary/aromatic N) is 7. The van der Waals surface area contributed by atoms with Gasteiger partial charge in [-0.05, 0) is 37.2 Å². The number of nitrogens with one attached hydrogen (secondary N) is 3. The lowest BCUT2D eigenvalue weighted by molar-refractivity contribution is -0.116. The van der Waals surface area contributed by atoms with Crippen LogP contribution in [0.25, 0.3) is 44.8 Å². The van der Waals surface area contributed by atoms with Gasteiger partial charge in [-0.25, -0.2) is 15.0 Å². The maximum absolute atomic E-state index is 12.2. The summed E-state index contributed by atoms with van der Waals surface area (Å²) in [6, 6.07) is 7.67. The van der Waals surface area contributed by atoms with Gasteiger partial charge in [-0.15, -0.1) is 0 Å². The fourth-order valence-corrected chi connectivity index (χ4v) is 4.74. The molecular weight excluding hydrogens is 480 g/mol. The molecule has 0 unspecified atom stereocenters. The molecule has 3 N–H and O–H groups in total. The molecule has 194 valence electrons. The third-order valence-corrected chi connectivity index (χ3v) is 6.73. The Balaban J connectivity index is 1.34. The van der Waals surface area contributed by atoms with Crippen molar-refractivity contribution < 1.29 is 4.79 Å². The van der Waals surface area contributed by atoms with Crippen LogP contribution in [0.1, 0.15) is 20.3 Å². The van der Waals surface area contributed by atoms with Gasteiger partial charge in [0.25, 0.3) is 0 Å². The Morgan fingerprint density at radius 3 is 2.71 bits per heavy atom. The largest absolute Gasteiger partial charge is 0.352 e. The highest BCUT2D eigenvalue weighted by Gasteiger charge is 2.21. The maximum atomic E-state index is 12.2. The summed E-state index contributed by atoms with van der Waals surface area (Å²) in [4.78, 5) is 39.0. The molecule has 5 aromatic rings. The second-order valence-corrected chi connectivity index (χ2v) is 10.2. The summed E-state index contributed by atoms with van der Waals surface area (Å²) in [7, 11) is 2.14. The number of imidazole rings is 1. The molecule has 1 amide bonds. The van der Waals surface area contributed by atoms with Gasteiger partial charge >= 0.3 is 0 Å². The van der Waals surface area contributed by atoms with Crippen LogP contribution in [0.3, 0.4) is 0 Å². The molecule has 1 fully saturated rings. The van der Waals surface area contributed by atoms with Crippen LogP contribution < -0.4 is 10.2 Å². The van der Waals surface area contributed by atoms with Gasteiger partial charge in [-0.1, -0.05) is 13.8 Å². The van der Waals surface area contributed by atoms with Crippen molar-refractivity contribution in [2.24, 2.45) is 5.92 Å². The zero-order valence-electron chi connectivity index (χ0n) is 21.7. The summed E-state index contributed by atoms with van der Waals surface area (Å²) in [6.07, 6.45) is 5.65. The standard InChI is InChI=1S/C27H30N10O/c1-16(2)12-22(38)30-18-13-17(14-28-15-18)19-4-5-21-23(31-19)25(35-34-21)26-32-20-6-7-29-27(24(20)33-26)37-10-8-36(3)9-11-37/h4-7,13-16H,8-12H2,1-3H3,(H,30,38)(H,32,33)(H,34,35). The number of carbonyl (C=O) groups excluding carboxylic acids is 1. The number of aromatic amines is 2. The van der Waals surface area contributed by atoms with Gasteiger partial charge in [0.15, 0.2) is 17.3 Å². The Kier molecular flexibility index (Phi) is 6.20. The van der Waals surface area contributed by atoms with Gasteiger partial charge in [0, 0.05) is 50.6 Å². The molecule has 0 spiro atoms. The van der Waals surface area contributed by atoms with E-state index in [1.165, 1.54) is 0 Å². The van der Waals surface area contributed by atoms with Crippen molar-refractivity contribution >= 4 is 39.5 Å². The van der Waals surface area contributed by atoms with E-state index in [-0.39, 0.29) is 11.8 Å². The van der Waals surface area contributed by atoms with E-state index in [1.54, 1.807) is 12.4 Å². The van der Waals surface area contributed by atoms with Crippen molar-refractivity contribution in [2.45, 2.75) is 20.3 Å². The van der Waals surface area contributed by atoms with Gasteiger partial charge in [0.05, 0.1) is 28.6 Å². The zero-order chi connectivity index (χ0) is 26.2. The molecule has 1 aliphatic heterocycles. The summed E-state index contributed by atoms with van der Waals surface area (Å²) in [6.45, 7) is 7.83. The third kappa shape index (κ3) is 4.68. The highest BCUT2D eigenvalue weighted by molar-refractivity contribution is 5.94. The first kappa shape index (κ1) is 24.0. The lowest BCUT2D eigenvalue weighted by atomic mass is 10.1. The molecular formula is C27H30N10O. The monoisotopic (exact) mass is 510 g/mol. The van der Waals surface area contributed by atoms with Crippen LogP contribution in [-0.4, -0.2) is 79.2 Å². The Bertz CT molecular complexity index is 1610. The second kappa shape index (κ2) is 9.82. The lowest BCUT2D eigenvalue weighted by Crippen LogP contribution is -2.44. The minimum atomic E-state index is -0.0326. The van der Waals surface area contributed by atoms with Crippen molar-refractivity contribution in [3.05, 3.63) is 42.9 Å². The SMILES string of the molecule is CC(C)CC(=O)Nc1cncc(-c2ccc3[nH]nc(-c4nc5c(N6CCN(C)CC6)nccc5[nH]4)c3n2)c1. The third-order valence-electron chi connectivity index (χ3n) is 6.73. The molecule has 11 heteroatoms. The Labute approximate surface area is 219 Å². The fraction of sp³-hybridized carbons (Fsp3) is 0.333. The van der Waals surface area contributed by atoms with E-state index in [4.69, 9.17) is 9.97 Å². The summed E-state index contributed by atoms with van der Waals surface area (Å²) in [5.74, 6) is 1.76. The molecule has 0 aromatic carbocycles. The van der Waals surface area contributed by atoms with Gasteiger partial charge in [-0.2, -0.15) is 5.10 Å². The number of hydrogen-bond acceptors (Lipinski definition) is 8. The van der Waals surface area contributed by atoms with Crippen LogP contribution in [0.4, 0.5) is 11.5 Å². The van der Waals surface area contributed by atoms with Gasteiger partial charge in [0.1, 0.15) is 11.0 Å². The highest BCUT2D eigenvalue weighted by atomic mass is 16.1. The van der Waals surface area contributed by atoms with Gasteiger partial charge in [-0.3, -0.25) is 14.9 Å². The van der Waals surface area contributed by atoms with Crippen molar-refractivity contribution in [3.63, 3.8) is 0 Å². The molecule has 1 aliphatic rings. The van der Waals surface area contributed by atoms with E-state index in [9.17, 15) is 4.79 Å². The molecule has 0 saturated carbocycles. The van der Waals surface area contributed by atoms with Crippen molar-refractivity contribution in [1.29, 1.82) is 0 Å². The highest BCUT2D eigenvalue weighted by Crippen LogP contribution is 2.30. The number of hydrogen-bond donors (Lipinski definition) is 3. The minimum Gasteiger partial charge on any atom is -0.352 e. The molecule has 6 heterocycles. The van der Waals surface area contributed by atoms with Crippen LogP contribution in [-0.2, 0) is 4.79 Å². The number of fused-ring (bicyclic) bond motifs is 2. The number of likely N-dealkylation sites (N-methyl/N-ethyl adjacent to an activating group) is 1. The minimum absolute atomic E-state index is 0.0326. The Morgan fingerprint density at radius 2 is 1.89 bits per heavy atom. The summed E-state index contributed by atoms with van der Waals surface area (Å²) >= 11 is 0. The van der Waals surface area contributed by atoms with E-state index in [0.29, 0.717) is 29.1 Å². The smallest absolute Gasteiger partial charge is 0.224 e. The predicted octanol–water partition coefficient (Wildman–Crippen LogP) is 3.69. The maximum Gasteiger partial charge on any atom is 0.224 e. The molecule has 0 bridgehead atoms. The first-order chi connectivity index (χ1) is 18.4. The lowest BCUT2D eigenvalue weighted by Gasteiger charge is -2.33. The normalized spacial score (nSPS) is 14.6. The molecule has 1 saturated heterocycles. The van der Waals surface area contributed by atoms with E-state index in [1.807, 2.05) is 44.3 Å². The van der Waals surface area contributed by atoms with Crippen molar-refractivity contribution in [3.8, 4) is 22.8 Å². The summed E-state index contributed by atoms with van der Waals surface area (Å²) < 4.78 is 0. The molecule has 5 aromatic heterocycles. The van der Waals surface area contributed by atoms with Crippen molar-refractivity contribution in [1.82, 2.24) is 40.0 Å². The zero-order valence-corrected chi connectivity index (χ0v) is 21.7. The number of H-pyrrole nitrogens is 2.